The highest BCUT2D eigenvalue weighted by atomic mass is 16.2. The molecule has 0 aliphatic carbocycles. The third-order valence-electron chi connectivity index (χ3n) is 3.49. The number of imide groups is 1. The van der Waals surface area contributed by atoms with Crippen LogP contribution >= 0.6 is 0 Å². The predicted molar refractivity (Wildman–Crippen MR) is 79.7 cm³/mol. The van der Waals surface area contributed by atoms with Gasteiger partial charge in [0.2, 0.25) is 17.7 Å². The number of hydrogen-bond acceptors (Lipinski definition) is 3. The number of carbonyl (C=O) groups is 3. The van der Waals surface area contributed by atoms with Gasteiger partial charge in [-0.25, -0.2) is 0 Å². The Balaban J connectivity index is 1.97. The lowest BCUT2D eigenvalue weighted by atomic mass is 9.87. The number of hydrogen-bond donors (Lipinski definition) is 1. The van der Waals surface area contributed by atoms with Gasteiger partial charge in [0, 0.05) is 18.5 Å². The number of likely N-dealkylation sites (tertiary alicyclic amines) is 1. The van der Waals surface area contributed by atoms with Gasteiger partial charge in [0.25, 0.3) is 0 Å². The maximum atomic E-state index is 11.9. The van der Waals surface area contributed by atoms with Crippen LogP contribution in [0.25, 0.3) is 0 Å². The summed E-state index contributed by atoms with van der Waals surface area (Å²) < 4.78 is 0. The highest BCUT2D eigenvalue weighted by Gasteiger charge is 2.30. The molecular formula is C16H20N2O3. The number of rotatable bonds is 3. The van der Waals surface area contributed by atoms with Gasteiger partial charge in [0.1, 0.15) is 6.54 Å². The molecule has 0 atom stereocenters. The molecule has 1 fully saturated rings. The zero-order chi connectivity index (χ0) is 15.6. The molecule has 0 radical (unpaired) electrons. The number of anilines is 1. The van der Waals surface area contributed by atoms with Crippen molar-refractivity contribution < 1.29 is 14.4 Å². The SMILES string of the molecule is CC(C)(C)c1ccc(NC(=O)CN2C(=O)CCC2=O)cc1. The summed E-state index contributed by atoms with van der Waals surface area (Å²) in [5.74, 6) is -0.918. The molecule has 1 heterocycles. The minimum Gasteiger partial charge on any atom is -0.325 e. The summed E-state index contributed by atoms with van der Waals surface area (Å²) in [6.07, 6.45) is 0.402. The second kappa shape index (κ2) is 5.68. The van der Waals surface area contributed by atoms with E-state index in [9.17, 15) is 14.4 Å². The molecule has 112 valence electrons. The van der Waals surface area contributed by atoms with Gasteiger partial charge in [0.15, 0.2) is 0 Å². The smallest absolute Gasteiger partial charge is 0.244 e. The van der Waals surface area contributed by atoms with E-state index in [1.807, 2.05) is 24.3 Å². The quantitative estimate of drug-likeness (QED) is 0.866. The minimum atomic E-state index is -0.359. The first-order valence-electron chi connectivity index (χ1n) is 7.01. The van der Waals surface area contributed by atoms with Crippen molar-refractivity contribution in [2.45, 2.75) is 39.0 Å². The third kappa shape index (κ3) is 3.68. The van der Waals surface area contributed by atoms with E-state index in [0.29, 0.717) is 5.69 Å². The highest BCUT2D eigenvalue weighted by molar-refractivity contribution is 6.06. The van der Waals surface area contributed by atoms with E-state index >= 15 is 0 Å². The van der Waals surface area contributed by atoms with Gasteiger partial charge in [0.05, 0.1) is 0 Å². The first-order chi connectivity index (χ1) is 9.77. The van der Waals surface area contributed by atoms with Crippen LogP contribution in [0.5, 0.6) is 0 Å². The van der Waals surface area contributed by atoms with E-state index < -0.39 is 0 Å². The molecule has 0 unspecified atom stereocenters. The van der Waals surface area contributed by atoms with Crippen molar-refractivity contribution in [3.05, 3.63) is 29.8 Å². The van der Waals surface area contributed by atoms with Gasteiger partial charge in [-0.3, -0.25) is 19.3 Å². The Labute approximate surface area is 124 Å². The number of nitrogens with one attached hydrogen (secondary N) is 1. The Morgan fingerprint density at radius 3 is 2.10 bits per heavy atom. The zero-order valence-electron chi connectivity index (χ0n) is 12.6. The summed E-state index contributed by atoms with van der Waals surface area (Å²) in [5, 5.41) is 2.70. The number of nitrogens with zero attached hydrogens (tertiary/aromatic N) is 1. The first kappa shape index (κ1) is 15.2. The Kier molecular flexibility index (Phi) is 4.11. The van der Waals surface area contributed by atoms with Crippen molar-refractivity contribution in [2.75, 3.05) is 11.9 Å². The Hall–Kier alpha value is -2.17. The van der Waals surface area contributed by atoms with Crippen molar-refractivity contribution >= 4 is 23.4 Å². The normalized spacial score (nSPS) is 15.5. The van der Waals surface area contributed by atoms with Crippen LogP contribution in [0.2, 0.25) is 0 Å². The molecule has 0 spiro atoms. The summed E-state index contributed by atoms with van der Waals surface area (Å²) >= 11 is 0. The lowest BCUT2D eigenvalue weighted by molar-refractivity contribution is -0.141. The zero-order valence-corrected chi connectivity index (χ0v) is 12.6. The Bertz CT molecular complexity index is 554. The van der Waals surface area contributed by atoms with Gasteiger partial charge in [-0.1, -0.05) is 32.9 Å². The summed E-state index contributed by atoms with van der Waals surface area (Å²) in [7, 11) is 0. The molecular weight excluding hydrogens is 268 g/mol. The van der Waals surface area contributed by atoms with Gasteiger partial charge in [-0.15, -0.1) is 0 Å². The molecule has 0 saturated carbocycles. The first-order valence-corrected chi connectivity index (χ1v) is 7.01. The van der Waals surface area contributed by atoms with Crippen LogP contribution in [0.1, 0.15) is 39.2 Å². The number of benzene rings is 1. The maximum absolute atomic E-state index is 11.9. The van der Waals surface area contributed by atoms with Crippen molar-refractivity contribution in [3.8, 4) is 0 Å². The van der Waals surface area contributed by atoms with Gasteiger partial charge >= 0.3 is 0 Å². The third-order valence-corrected chi connectivity index (χ3v) is 3.49. The molecule has 21 heavy (non-hydrogen) atoms. The average Bonchev–Trinajstić information content (AvgIpc) is 2.70. The van der Waals surface area contributed by atoms with Crippen LogP contribution in [0.4, 0.5) is 5.69 Å². The molecule has 0 aromatic heterocycles. The molecule has 5 heteroatoms. The van der Waals surface area contributed by atoms with E-state index in [1.54, 1.807) is 0 Å². The molecule has 1 N–H and O–H groups in total. The number of carbonyl (C=O) groups excluding carboxylic acids is 3. The summed E-state index contributed by atoms with van der Waals surface area (Å²) in [6, 6.07) is 7.57. The summed E-state index contributed by atoms with van der Waals surface area (Å²) in [5.41, 5.74) is 1.88. The van der Waals surface area contributed by atoms with E-state index in [2.05, 4.69) is 26.1 Å². The molecule has 5 nitrogen and oxygen atoms in total. The fraction of sp³-hybridized carbons (Fsp3) is 0.438. The van der Waals surface area contributed by atoms with Crippen molar-refractivity contribution in [2.24, 2.45) is 0 Å². The monoisotopic (exact) mass is 288 g/mol. The molecule has 1 saturated heterocycles. The summed E-state index contributed by atoms with van der Waals surface area (Å²) in [6.45, 7) is 6.14. The summed E-state index contributed by atoms with van der Waals surface area (Å²) in [4.78, 5) is 35.8. The average molecular weight is 288 g/mol. The number of amides is 3. The molecule has 1 aromatic carbocycles. The van der Waals surface area contributed by atoms with E-state index in [0.717, 1.165) is 4.90 Å². The van der Waals surface area contributed by atoms with Crippen molar-refractivity contribution in [1.29, 1.82) is 0 Å². The standard InChI is InChI=1S/C16H20N2O3/c1-16(2,3)11-4-6-12(7-5-11)17-13(19)10-18-14(20)8-9-15(18)21/h4-7H,8-10H2,1-3H3,(H,17,19). The second-order valence-corrected chi connectivity index (χ2v) is 6.25. The molecule has 2 rings (SSSR count). The van der Waals surface area contributed by atoms with Crippen LogP contribution in [0, 0.1) is 0 Å². The van der Waals surface area contributed by atoms with E-state index in [4.69, 9.17) is 0 Å². The molecule has 1 aromatic rings. The van der Waals surface area contributed by atoms with Gasteiger partial charge in [-0.2, -0.15) is 0 Å². The lowest BCUT2D eigenvalue weighted by Gasteiger charge is -2.19. The van der Waals surface area contributed by atoms with Crippen molar-refractivity contribution in [3.63, 3.8) is 0 Å². The molecule has 0 bridgehead atoms. The Morgan fingerprint density at radius 1 is 1.10 bits per heavy atom. The van der Waals surface area contributed by atoms with Crippen LogP contribution in [0.3, 0.4) is 0 Å². The molecule has 3 amide bonds. The van der Waals surface area contributed by atoms with Crippen LogP contribution in [0.15, 0.2) is 24.3 Å². The van der Waals surface area contributed by atoms with E-state index in [1.165, 1.54) is 5.56 Å². The lowest BCUT2D eigenvalue weighted by Crippen LogP contribution is -2.36. The van der Waals surface area contributed by atoms with Crippen LogP contribution in [-0.2, 0) is 19.8 Å². The van der Waals surface area contributed by atoms with Gasteiger partial charge in [-0.05, 0) is 23.1 Å². The fourth-order valence-electron chi connectivity index (χ4n) is 2.20. The maximum Gasteiger partial charge on any atom is 0.244 e. The predicted octanol–water partition coefficient (Wildman–Crippen LogP) is 2.07. The largest absolute Gasteiger partial charge is 0.325 e. The highest BCUT2D eigenvalue weighted by Crippen LogP contribution is 2.23. The molecule has 1 aliphatic rings. The second-order valence-electron chi connectivity index (χ2n) is 6.25. The Morgan fingerprint density at radius 2 is 1.62 bits per heavy atom. The molecule has 1 aliphatic heterocycles. The van der Waals surface area contributed by atoms with Gasteiger partial charge < -0.3 is 5.32 Å². The van der Waals surface area contributed by atoms with Crippen molar-refractivity contribution in [1.82, 2.24) is 4.90 Å². The topological polar surface area (TPSA) is 66.5 Å². The van der Waals surface area contributed by atoms with E-state index in [-0.39, 0.29) is 42.5 Å². The van der Waals surface area contributed by atoms with Crippen LogP contribution < -0.4 is 5.32 Å². The fourth-order valence-corrected chi connectivity index (χ4v) is 2.20. The van der Waals surface area contributed by atoms with Crippen LogP contribution in [-0.4, -0.2) is 29.2 Å². The minimum absolute atomic E-state index is 0.0525.